The van der Waals surface area contributed by atoms with Crippen molar-refractivity contribution in [3.05, 3.63) is 58.7 Å². The molecule has 30 heavy (non-hydrogen) atoms. The van der Waals surface area contributed by atoms with Crippen molar-refractivity contribution in [1.29, 1.82) is 0 Å². The maximum atomic E-state index is 12.6. The van der Waals surface area contributed by atoms with Crippen molar-refractivity contribution in [2.24, 2.45) is 0 Å². The SMILES string of the molecule is CCO[C@@H](CC1=CCC(OC(C)(C)C(=O)NCCc2cccc(Cl)c2)C=C1)C(=O)O. The zero-order valence-corrected chi connectivity index (χ0v) is 18.4. The highest BCUT2D eigenvalue weighted by molar-refractivity contribution is 6.30. The number of carboxylic acid groups (broad SMARTS) is 1. The number of benzene rings is 1. The van der Waals surface area contributed by atoms with E-state index >= 15 is 0 Å². The Morgan fingerprint density at radius 2 is 2.13 bits per heavy atom. The van der Waals surface area contributed by atoms with Crippen LogP contribution in [0, 0.1) is 0 Å². The van der Waals surface area contributed by atoms with E-state index in [0.717, 1.165) is 11.1 Å². The van der Waals surface area contributed by atoms with Gasteiger partial charge >= 0.3 is 5.97 Å². The molecule has 2 N–H and O–H groups in total. The summed E-state index contributed by atoms with van der Waals surface area (Å²) in [4.78, 5) is 23.8. The number of aliphatic carboxylic acids is 1. The molecule has 0 saturated heterocycles. The summed E-state index contributed by atoms with van der Waals surface area (Å²) in [6.45, 7) is 6.09. The van der Waals surface area contributed by atoms with Crippen LogP contribution >= 0.6 is 11.6 Å². The van der Waals surface area contributed by atoms with Crippen LogP contribution in [-0.4, -0.2) is 47.9 Å². The van der Waals surface area contributed by atoms with Gasteiger partial charge in [0, 0.05) is 24.6 Å². The molecule has 1 aromatic carbocycles. The molecule has 0 bridgehead atoms. The predicted octanol–water partition coefficient (Wildman–Crippen LogP) is 3.93. The van der Waals surface area contributed by atoms with Gasteiger partial charge in [-0.1, -0.05) is 42.0 Å². The van der Waals surface area contributed by atoms with Crippen molar-refractivity contribution >= 4 is 23.5 Å². The van der Waals surface area contributed by atoms with E-state index in [-0.39, 0.29) is 12.0 Å². The molecule has 0 radical (unpaired) electrons. The highest BCUT2D eigenvalue weighted by atomic mass is 35.5. The van der Waals surface area contributed by atoms with Crippen molar-refractivity contribution in [2.75, 3.05) is 13.2 Å². The first kappa shape index (κ1) is 24.1. The Bertz CT molecular complexity index is 803. The van der Waals surface area contributed by atoms with Gasteiger partial charge in [0.1, 0.15) is 5.60 Å². The minimum atomic E-state index is -0.996. The predicted molar refractivity (Wildman–Crippen MR) is 117 cm³/mol. The van der Waals surface area contributed by atoms with E-state index in [4.69, 9.17) is 21.1 Å². The quantitative estimate of drug-likeness (QED) is 0.550. The van der Waals surface area contributed by atoms with Crippen LogP contribution in [-0.2, 0) is 25.5 Å². The van der Waals surface area contributed by atoms with Gasteiger partial charge in [-0.15, -0.1) is 0 Å². The Morgan fingerprint density at radius 1 is 1.37 bits per heavy atom. The molecule has 2 rings (SSSR count). The van der Waals surface area contributed by atoms with E-state index in [1.165, 1.54) is 0 Å². The Kier molecular flexibility index (Phi) is 9.08. The first-order valence-electron chi connectivity index (χ1n) is 10.1. The summed E-state index contributed by atoms with van der Waals surface area (Å²) in [6.07, 6.45) is 6.10. The molecule has 2 atom stereocenters. The molecule has 0 fully saturated rings. The monoisotopic (exact) mass is 435 g/mol. The fourth-order valence-electron chi connectivity index (χ4n) is 3.17. The van der Waals surface area contributed by atoms with E-state index < -0.39 is 17.7 Å². The molecule has 1 aromatic rings. The number of ether oxygens (including phenoxy) is 2. The minimum absolute atomic E-state index is 0.185. The van der Waals surface area contributed by atoms with E-state index in [9.17, 15) is 14.7 Å². The van der Waals surface area contributed by atoms with Crippen LogP contribution in [0.25, 0.3) is 0 Å². The van der Waals surface area contributed by atoms with E-state index in [1.54, 1.807) is 20.8 Å². The number of allylic oxidation sites excluding steroid dienone is 1. The van der Waals surface area contributed by atoms with Crippen LogP contribution in [0.2, 0.25) is 5.02 Å². The number of hydrogen-bond acceptors (Lipinski definition) is 4. The second-order valence-corrected chi connectivity index (χ2v) is 8.10. The van der Waals surface area contributed by atoms with Crippen molar-refractivity contribution in [2.45, 2.75) is 57.8 Å². The normalized spacial score (nSPS) is 17.3. The van der Waals surface area contributed by atoms with Crippen LogP contribution in [0.4, 0.5) is 0 Å². The lowest BCUT2D eigenvalue weighted by molar-refractivity contribution is -0.150. The number of hydrogen-bond donors (Lipinski definition) is 2. The molecule has 1 unspecified atom stereocenters. The number of carbonyl (C=O) groups is 2. The average Bonchev–Trinajstić information content (AvgIpc) is 2.68. The molecular formula is C23H30ClNO5. The maximum absolute atomic E-state index is 12.6. The van der Waals surface area contributed by atoms with Gasteiger partial charge in [0.25, 0.3) is 5.91 Å². The number of carbonyl (C=O) groups excluding carboxylic acids is 1. The lowest BCUT2D eigenvalue weighted by Gasteiger charge is -2.29. The summed E-state index contributed by atoms with van der Waals surface area (Å²) in [5, 5.41) is 12.8. The third kappa shape index (κ3) is 7.59. The number of halogens is 1. The Hall–Kier alpha value is -2.15. The number of amides is 1. The molecule has 0 aliphatic heterocycles. The molecule has 6 nitrogen and oxygen atoms in total. The summed E-state index contributed by atoms with van der Waals surface area (Å²) in [5.41, 5.74) is 0.949. The second-order valence-electron chi connectivity index (χ2n) is 7.66. The third-order valence-electron chi connectivity index (χ3n) is 4.78. The van der Waals surface area contributed by atoms with Gasteiger partial charge in [0.2, 0.25) is 0 Å². The van der Waals surface area contributed by atoms with Crippen LogP contribution < -0.4 is 5.32 Å². The molecule has 1 amide bonds. The highest BCUT2D eigenvalue weighted by Crippen LogP contribution is 2.23. The number of carboxylic acids is 1. The molecular weight excluding hydrogens is 406 g/mol. The lowest BCUT2D eigenvalue weighted by Crippen LogP contribution is -2.46. The van der Waals surface area contributed by atoms with Crippen LogP contribution in [0.1, 0.15) is 39.2 Å². The smallest absolute Gasteiger partial charge is 0.333 e. The minimum Gasteiger partial charge on any atom is -0.479 e. The Labute approximate surface area is 182 Å². The Morgan fingerprint density at radius 3 is 2.73 bits per heavy atom. The van der Waals surface area contributed by atoms with Crippen molar-refractivity contribution < 1.29 is 24.2 Å². The van der Waals surface area contributed by atoms with E-state index in [0.29, 0.717) is 37.4 Å². The fourth-order valence-corrected chi connectivity index (χ4v) is 3.39. The zero-order valence-electron chi connectivity index (χ0n) is 17.7. The summed E-state index contributed by atoms with van der Waals surface area (Å²) < 4.78 is 11.3. The summed E-state index contributed by atoms with van der Waals surface area (Å²) >= 11 is 5.98. The standard InChI is InChI=1S/C23H30ClNO5/c1-4-29-20(21(26)27)15-17-8-10-19(11-9-17)30-23(2,3)22(28)25-13-12-16-6-5-7-18(24)14-16/h5-10,14,19-20H,4,11-13,15H2,1-3H3,(H,25,28)(H,26,27)/t19?,20-/m0/s1. The second kappa shape index (κ2) is 11.3. The van der Waals surface area contributed by atoms with Gasteiger partial charge in [-0.2, -0.15) is 0 Å². The molecule has 0 heterocycles. The third-order valence-corrected chi connectivity index (χ3v) is 5.02. The fraction of sp³-hybridized carbons (Fsp3) is 0.478. The molecule has 1 aliphatic carbocycles. The maximum Gasteiger partial charge on any atom is 0.333 e. The van der Waals surface area contributed by atoms with Gasteiger partial charge in [0.15, 0.2) is 6.10 Å². The highest BCUT2D eigenvalue weighted by Gasteiger charge is 2.31. The first-order chi connectivity index (χ1) is 14.2. The van der Waals surface area contributed by atoms with Gasteiger partial charge < -0.3 is 19.9 Å². The summed E-state index contributed by atoms with van der Waals surface area (Å²) in [7, 11) is 0. The molecule has 0 spiro atoms. The van der Waals surface area contributed by atoms with Crippen LogP contribution in [0.15, 0.2) is 48.1 Å². The average molecular weight is 436 g/mol. The van der Waals surface area contributed by atoms with E-state index in [2.05, 4.69) is 5.32 Å². The van der Waals surface area contributed by atoms with Gasteiger partial charge in [-0.3, -0.25) is 4.79 Å². The first-order valence-corrected chi connectivity index (χ1v) is 10.5. The number of rotatable bonds is 11. The summed E-state index contributed by atoms with van der Waals surface area (Å²) in [5.74, 6) is -1.16. The summed E-state index contributed by atoms with van der Waals surface area (Å²) in [6, 6.07) is 7.55. The van der Waals surface area contributed by atoms with Crippen LogP contribution in [0.5, 0.6) is 0 Å². The topological polar surface area (TPSA) is 84.9 Å². The van der Waals surface area contributed by atoms with E-state index in [1.807, 2.05) is 42.5 Å². The molecule has 7 heteroatoms. The molecule has 0 aromatic heterocycles. The van der Waals surface area contributed by atoms with Crippen molar-refractivity contribution in [3.8, 4) is 0 Å². The lowest BCUT2D eigenvalue weighted by atomic mass is 9.99. The number of nitrogens with one attached hydrogen (secondary N) is 1. The Balaban J connectivity index is 1.81. The molecule has 164 valence electrons. The van der Waals surface area contributed by atoms with Gasteiger partial charge in [0.05, 0.1) is 6.10 Å². The van der Waals surface area contributed by atoms with Crippen molar-refractivity contribution in [1.82, 2.24) is 5.32 Å². The molecule has 0 saturated carbocycles. The van der Waals surface area contributed by atoms with Crippen LogP contribution in [0.3, 0.4) is 0 Å². The largest absolute Gasteiger partial charge is 0.479 e. The van der Waals surface area contributed by atoms with Crippen molar-refractivity contribution in [3.63, 3.8) is 0 Å². The molecule has 1 aliphatic rings. The zero-order chi connectivity index (χ0) is 22.1. The van der Waals surface area contributed by atoms with Gasteiger partial charge in [-0.05, 0) is 56.9 Å². The van der Waals surface area contributed by atoms with Gasteiger partial charge in [-0.25, -0.2) is 4.79 Å².